The van der Waals surface area contributed by atoms with E-state index in [4.69, 9.17) is 9.47 Å². The molecule has 0 heterocycles. The maximum absolute atomic E-state index is 11.7. The van der Waals surface area contributed by atoms with Crippen LogP contribution >= 0.6 is 0 Å². The maximum atomic E-state index is 11.7. The number of unbranched alkanes of at least 4 members (excludes halogenated alkanes) is 6. The Bertz CT molecular complexity index is 217. The average molecular weight is 273 g/mol. The fraction of sp³-hybridized carbons (Fsp3) is 0.933. The van der Waals surface area contributed by atoms with E-state index in [0.717, 1.165) is 12.8 Å². The lowest BCUT2D eigenvalue weighted by Gasteiger charge is -2.22. The third-order valence-corrected chi connectivity index (χ3v) is 3.27. The van der Waals surface area contributed by atoms with Gasteiger partial charge in [-0.25, -0.2) is 0 Å². The average Bonchev–Trinajstić information content (AvgIpc) is 2.39. The molecule has 0 fully saturated rings. The summed E-state index contributed by atoms with van der Waals surface area (Å²) < 4.78 is 10.2. The van der Waals surface area contributed by atoms with Crippen LogP contribution in [0, 0.1) is 0 Å². The lowest BCUT2D eigenvalue weighted by atomic mass is 10.1. The number of nitrogens with one attached hydrogen (secondary N) is 1. The number of hydrogen-bond donors (Lipinski definition) is 1. The monoisotopic (exact) mass is 273 g/mol. The highest BCUT2D eigenvalue weighted by Gasteiger charge is 2.17. The zero-order valence-corrected chi connectivity index (χ0v) is 13.0. The number of amides is 1. The normalized spacial score (nSPS) is 12.7. The number of carbonyl (C=O) groups is 1. The van der Waals surface area contributed by atoms with E-state index < -0.39 is 0 Å². The first-order valence-corrected chi connectivity index (χ1v) is 7.50. The zero-order chi connectivity index (χ0) is 14.5. The van der Waals surface area contributed by atoms with Gasteiger partial charge in [0.25, 0.3) is 0 Å². The standard InChI is InChI=1S/C15H31NO3/c1-5-6-7-8-9-10-11-12-14(17)16-13(2)15(18-3)19-4/h13,15H,5-12H2,1-4H3,(H,16,17). The minimum absolute atomic E-state index is 0.0835. The Kier molecular flexibility index (Phi) is 12.0. The number of hydrogen-bond acceptors (Lipinski definition) is 3. The highest BCUT2D eigenvalue weighted by atomic mass is 16.7. The van der Waals surface area contributed by atoms with Gasteiger partial charge in [-0.1, -0.05) is 45.4 Å². The fourth-order valence-electron chi connectivity index (χ4n) is 2.14. The molecule has 1 unspecified atom stereocenters. The Hall–Kier alpha value is -0.610. The van der Waals surface area contributed by atoms with Gasteiger partial charge in [-0.2, -0.15) is 0 Å². The van der Waals surface area contributed by atoms with Crippen molar-refractivity contribution in [2.45, 2.75) is 77.5 Å². The van der Waals surface area contributed by atoms with Gasteiger partial charge in [-0.05, 0) is 13.3 Å². The molecule has 1 atom stereocenters. The van der Waals surface area contributed by atoms with Crippen molar-refractivity contribution >= 4 is 5.91 Å². The molecule has 1 amide bonds. The van der Waals surface area contributed by atoms with E-state index in [-0.39, 0.29) is 18.2 Å². The lowest BCUT2D eigenvalue weighted by Crippen LogP contribution is -2.42. The van der Waals surface area contributed by atoms with Crippen LogP contribution in [0.15, 0.2) is 0 Å². The van der Waals surface area contributed by atoms with Crippen molar-refractivity contribution < 1.29 is 14.3 Å². The summed E-state index contributed by atoms with van der Waals surface area (Å²) in [7, 11) is 3.15. The Morgan fingerprint density at radius 3 is 2.05 bits per heavy atom. The molecule has 1 N–H and O–H groups in total. The first kappa shape index (κ1) is 18.4. The van der Waals surface area contributed by atoms with Crippen LogP contribution in [0.2, 0.25) is 0 Å². The summed E-state index contributed by atoms with van der Waals surface area (Å²) in [4.78, 5) is 11.7. The Labute approximate surface area is 118 Å². The van der Waals surface area contributed by atoms with Gasteiger partial charge in [0, 0.05) is 20.6 Å². The number of ether oxygens (including phenoxy) is 2. The minimum Gasteiger partial charge on any atom is -0.354 e. The quantitative estimate of drug-likeness (QED) is 0.438. The first-order chi connectivity index (χ1) is 9.15. The van der Waals surface area contributed by atoms with Crippen LogP contribution in [0.4, 0.5) is 0 Å². The predicted octanol–water partition coefficient (Wildman–Crippen LogP) is 3.25. The van der Waals surface area contributed by atoms with Crippen LogP contribution in [0.3, 0.4) is 0 Å². The van der Waals surface area contributed by atoms with Gasteiger partial charge in [0.05, 0.1) is 6.04 Å². The lowest BCUT2D eigenvalue weighted by molar-refractivity contribution is -0.135. The molecular formula is C15H31NO3. The number of rotatable bonds is 12. The molecule has 0 saturated heterocycles. The molecule has 4 nitrogen and oxygen atoms in total. The van der Waals surface area contributed by atoms with E-state index in [0.29, 0.717) is 6.42 Å². The Morgan fingerprint density at radius 1 is 1.00 bits per heavy atom. The highest BCUT2D eigenvalue weighted by Crippen LogP contribution is 2.08. The molecule has 0 radical (unpaired) electrons. The smallest absolute Gasteiger partial charge is 0.220 e. The zero-order valence-electron chi connectivity index (χ0n) is 13.0. The van der Waals surface area contributed by atoms with E-state index in [1.807, 2.05) is 6.92 Å². The van der Waals surface area contributed by atoms with Crippen molar-refractivity contribution in [1.29, 1.82) is 0 Å². The summed E-state index contributed by atoms with van der Waals surface area (Å²) >= 11 is 0. The van der Waals surface area contributed by atoms with Crippen molar-refractivity contribution in [2.24, 2.45) is 0 Å². The molecule has 19 heavy (non-hydrogen) atoms. The van der Waals surface area contributed by atoms with Crippen molar-refractivity contribution in [3.63, 3.8) is 0 Å². The second-order valence-electron chi connectivity index (χ2n) is 5.07. The van der Waals surface area contributed by atoms with Gasteiger partial charge in [0.2, 0.25) is 5.91 Å². The first-order valence-electron chi connectivity index (χ1n) is 7.50. The molecule has 0 aromatic carbocycles. The van der Waals surface area contributed by atoms with E-state index in [1.165, 1.54) is 32.1 Å². The van der Waals surface area contributed by atoms with Crippen LogP contribution in [-0.4, -0.2) is 32.5 Å². The molecule has 114 valence electrons. The van der Waals surface area contributed by atoms with Gasteiger partial charge in [-0.3, -0.25) is 4.79 Å². The summed E-state index contributed by atoms with van der Waals surface area (Å²) in [6.07, 6.45) is 8.79. The molecule has 0 aromatic heterocycles. The molecule has 4 heteroatoms. The van der Waals surface area contributed by atoms with Gasteiger partial charge in [-0.15, -0.1) is 0 Å². The minimum atomic E-state index is -0.377. The molecule has 0 bridgehead atoms. The van der Waals surface area contributed by atoms with Crippen molar-refractivity contribution in [2.75, 3.05) is 14.2 Å². The van der Waals surface area contributed by atoms with Gasteiger partial charge in [0.15, 0.2) is 6.29 Å². The van der Waals surface area contributed by atoms with Gasteiger partial charge in [0.1, 0.15) is 0 Å². The van der Waals surface area contributed by atoms with E-state index >= 15 is 0 Å². The van der Waals surface area contributed by atoms with Crippen molar-refractivity contribution in [1.82, 2.24) is 5.32 Å². The summed E-state index contributed by atoms with van der Waals surface area (Å²) in [5, 5.41) is 2.90. The molecule has 0 aliphatic rings. The molecule has 0 saturated carbocycles. The van der Waals surface area contributed by atoms with Gasteiger partial charge < -0.3 is 14.8 Å². The molecule has 0 spiro atoms. The third kappa shape index (κ3) is 9.91. The number of methoxy groups -OCH3 is 2. The second kappa shape index (κ2) is 12.4. The number of carbonyl (C=O) groups excluding carboxylic acids is 1. The van der Waals surface area contributed by atoms with E-state index in [9.17, 15) is 4.79 Å². The second-order valence-corrected chi connectivity index (χ2v) is 5.07. The van der Waals surface area contributed by atoms with Crippen LogP contribution in [0.25, 0.3) is 0 Å². The van der Waals surface area contributed by atoms with Crippen molar-refractivity contribution in [3.05, 3.63) is 0 Å². The largest absolute Gasteiger partial charge is 0.354 e. The summed E-state index contributed by atoms with van der Waals surface area (Å²) in [5.74, 6) is 0.0835. The predicted molar refractivity (Wildman–Crippen MR) is 78.0 cm³/mol. The summed E-state index contributed by atoms with van der Waals surface area (Å²) in [6.45, 7) is 4.11. The van der Waals surface area contributed by atoms with Crippen LogP contribution in [0.1, 0.15) is 65.2 Å². The summed E-state index contributed by atoms with van der Waals surface area (Å²) in [5.41, 5.74) is 0. The molecule has 0 aliphatic heterocycles. The molecule has 0 aliphatic carbocycles. The van der Waals surface area contributed by atoms with Crippen LogP contribution < -0.4 is 5.32 Å². The fourth-order valence-corrected chi connectivity index (χ4v) is 2.14. The Morgan fingerprint density at radius 2 is 1.53 bits per heavy atom. The third-order valence-electron chi connectivity index (χ3n) is 3.27. The van der Waals surface area contributed by atoms with E-state index in [2.05, 4.69) is 12.2 Å². The Balaban J connectivity index is 3.53. The van der Waals surface area contributed by atoms with Crippen molar-refractivity contribution in [3.8, 4) is 0 Å². The van der Waals surface area contributed by atoms with E-state index in [1.54, 1.807) is 14.2 Å². The molecule has 0 aromatic rings. The summed E-state index contributed by atoms with van der Waals surface area (Å²) in [6, 6.07) is -0.118. The van der Waals surface area contributed by atoms with Crippen LogP contribution in [-0.2, 0) is 14.3 Å². The maximum Gasteiger partial charge on any atom is 0.220 e. The molecule has 0 rings (SSSR count). The van der Waals surface area contributed by atoms with Crippen LogP contribution in [0.5, 0.6) is 0 Å². The molecular weight excluding hydrogens is 242 g/mol. The topological polar surface area (TPSA) is 47.6 Å². The highest BCUT2D eigenvalue weighted by molar-refractivity contribution is 5.76. The SMILES string of the molecule is CCCCCCCCCC(=O)NC(C)C(OC)OC. The van der Waals surface area contributed by atoms with Gasteiger partial charge >= 0.3 is 0 Å².